The van der Waals surface area contributed by atoms with E-state index < -0.39 is 5.92 Å². The number of ketones is 1. The lowest BCUT2D eigenvalue weighted by molar-refractivity contribution is -0.116. The molecular weight excluding hydrogens is 538 g/mol. The zero-order chi connectivity index (χ0) is 27.0. The number of halogens is 1. The van der Waals surface area contributed by atoms with Gasteiger partial charge in [-0.05, 0) is 96.1 Å². The Labute approximate surface area is 232 Å². The van der Waals surface area contributed by atoms with Crippen LogP contribution < -0.4 is 15.4 Å². The lowest BCUT2D eigenvalue weighted by atomic mass is 9.74. The molecule has 0 amide bonds. The van der Waals surface area contributed by atoms with Crippen LogP contribution in [0.15, 0.2) is 87.8 Å². The van der Waals surface area contributed by atoms with E-state index >= 15 is 0 Å². The van der Waals surface area contributed by atoms with Crippen molar-refractivity contribution in [2.75, 3.05) is 4.90 Å². The Morgan fingerprint density at radius 3 is 2.50 bits per heavy atom. The molecule has 1 unspecified atom stereocenters. The maximum absolute atomic E-state index is 13.5. The number of allylic oxidation sites excluding steroid dienone is 3. The molecule has 0 fully saturated rings. The van der Waals surface area contributed by atoms with Crippen molar-refractivity contribution in [3.8, 4) is 11.8 Å². The molecule has 2 aliphatic rings. The zero-order valence-corrected chi connectivity index (χ0v) is 23.4. The van der Waals surface area contributed by atoms with Gasteiger partial charge in [0.15, 0.2) is 5.78 Å². The van der Waals surface area contributed by atoms with Crippen LogP contribution in [0.2, 0.25) is 0 Å². The number of hydrogen-bond acceptors (Lipinski definition) is 5. The number of para-hydroxylation sites is 1. The molecule has 192 valence electrons. The van der Waals surface area contributed by atoms with Crippen LogP contribution in [-0.4, -0.2) is 5.78 Å². The number of rotatable bonds is 5. The molecule has 0 aromatic heterocycles. The van der Waals surface area contributed by atoms with Crippen molar-refractivity contribution >= 4 is 27.4 Å². The Balaban J connectivity index is 1.63. The molecule has 0 saturated carbocycles. The largest absolute Gasteiger partial charge is 0.489 e. The Morgan fingerprint density at radius 2 is 1.79 bits per heavy atom. The number of benzene rings is 3. The molecule has 0 bridgehead atoms. The number of nitriles is 1. The minimum absolute atomic E-state index is 0.0750. The van der Waals surface area contributed by atoms with Gasteiger partial charge in [-0.3, -0.25) is 9.69 Å². The standard InChI is InChI=1S/C32H30BrN3O2/c1-19-11-13-23(14-12-19)38-18-22-16-24(21(3)15-20(22)2)30-25(17-34)32(35)36(27-8-5-4-7-26(27)33)28-9-6-10-29(37)31(28)30/h4-5,7-8,11-16,30H,6,9-10,18,35H2,1-3H3. The SMILES string of the molecule is Cc1ccc(OCc2cc(C3C(C#N)=C(N)N(c4ccccc4Br)C4=C3C(=O)CCC4)c(C)cc2C)cc1. The van der Waals surface area contributed by atoms with Crippen LogP contribution in [0.5, 0.6) is 5.75 Å². The molecule has 38 heavy (non-hydrogen) atoms. The predicted octanol–water partition coefficient (Wildman–Crippen LogP) is 7.26. The van der Waals surface area contributed by atoms with Gasteiger partial charge in [-0.2, -0.15) is 5.26 Å². The van der Waals surface area contributed by atoms with Gasteiger partial charge >= 0.3 is 0 Å². The van der Waals surface area contributed by atoms with Crippen molar-refractivity contribution < 1.29 is 9.53 Å². The van der Waals surface area contributed by atoms with Crippen molar-refractivity contribution in [1.29, 1.82) is 5.26 Å². The molecule has 1 heterocycles. The number of carbonyl (C=O) groups is 1. The molecule has 6 heteroatoms. The van der Waals surface area contributed by atoms with Gasteiger partial charge in [-0.15, -0.1) is 0 Å². The summed E-state index contributed by atoms with van der Waals surface area (Å²) >= 11 is 3.64. The van der Waals surface area contributed by atoms with Crippen LogP contribution in [0.1, 0.15) is 53.0 Å². The van der Waals surface area contributed by atoms with Crippen LogP contribution in [-0.2, 0) is 11.4 Å². The smallest absolute Gasteiger partial charge is 0.161 e. The van der Waals surface area contributed by atoms with Crippen LogP contribution in [0.25, 0.3) is 0 Å². The number of ether oxygens (including phenoxy) is 1. The van der Waals surface area contributed by atoms with Gasteiger partial charge in [0.25, 0.3) is 0 Å². The van der Waals surface area contributed by atoms with Crippen molar-refractivity contribution in [3.63, 3.8) is 0 Å². The molecular formula is C32H30BrN3O2. The van der Waals surface area contributed by atoms with Gasteiger partial charge in [0.1, 0.15) is 18.2 Å². The second kappa shape index (κ2) is 10.5. The van der Waals surface area contributed by atoms with Gasteiger partial charge in [0.2, 0.25) is 0 Å². The summed E-state index contributed by atoms with van der Waals surface area (Å²) in [7, 11) is 0. The van der Waals surface area contributed by atoms with Crippen molar-refractivity contribution in [3.05, 3.63) is 116 Å². The van der Waals surface area contributed by atoms with Gasteiger partial charge in [0.05, 0.1) is 23.2 Å². The first-order valence-electron chi connectivity index (χ1n) is 12.8. The number of anilines is 1. The maximum atomic E-state index is 13.5. The first kappa shape index (κ1) is 25.8. The topological polar surface area (TPSA) is 79.3 Å². The molecule has 5 nitrogen and oxygen atoms in total. The van der Waals surface area contributed by atoms with E-state index in [0.717, 1.165) is 50.3 Å². The number of nitrogens with two attached hydrogens (primary N) is 1. The number of Topliss-reactive ketones (excluding diaryl/α,β-unsaturated/α-hetero) is 1. The second-order valence-electron chi connectivity index (χ2n) is 10.0. The average Bonchev–Trinajstić information content (AvgIpc) is 2.89. The third kappa shape index (κ3) is 4.63. The molecule has 1 aliphatic heterocycles. The van der Waals surface area contributed by atoms with Crippen LogP contribution in [0, 0.1) is 32.1 Å². The van der Waals surface area contributed by atoms with E-state index in [2.05, 4.69) is 41.1 Å². The molecule has 5 rings (SSSR count). The van der Waals surface area contributed by atoms with Crippen LogP contribution in [0.3, 0.4) is 0 Å². The summed E-state index contributed by atoms with van der Waals surface area (Å²) in [6, 6.07) is 22.3. The molecule has 1 atom stereocenters. The highest BCUT2D eigenvalue weighted by Crippen LogP contribution is 2.48. The third-order valence-corrected chi connectivity index (χ3v) is 8.13. The first-order chi connectivity index (χ1) is 18.3. The molecule has 0 saturated heterocycles. The average molecular weight is 569 g/mol. The van der Waals surface area contributed by atoms with Crippen LogP contribution >= 0.6 is 15.9 Å². The zero-order valence-electron chi connectivity index (χ0n) is 21.8. The van der Waals surface area contributed by atoms with E-state index in [1.807, 2.05) is 67.3 Å². The summed E-state index contributed by atoms with van der Waals surface area (Å²) in [5.74, 6) is 0.731. The summed E-state index contributed by atoms with van der Waals surface area (Å²) in [6.07, 6.45) is 1.93. The van der Waals surface area contributed by atoms with E-state index in [0.29, 0.717) is 36.4 Å². The monoisotopic (exact) mass is 567 g/mol. The molecule has 2 N–H and O–H groups in total. The van der Waals surface area contributed by atoms with E-state index in [9.17, 15) is 10.1 Å². The fourth-order valence-corrected chi connectivity index (χ4v) is 5.95. The molecule has 1 aliphatic carbocycles. The number of aryl methyl sites for hydroxylation is 3. The van der Waals surface area contributed by atoms with E-state index in [1.165, 1.54) is 5.56 Å². The van der Waals surface area contributed by atoms with E-state index in [-0.39, 0.29) is 5.78 Å². The van der Waals surface area contributed by atoms with Gasteiger partial charge in [-0.1, -0.05) is 42.0 Å². The molecule has 0 radical (unpaired) electrons. The van der Waals surface area contributed by atoms with Gasteiger partial charge < -0.3 is 10.5 Å². The maximum Gasteiger partial charge on any atom is 0.161 e. The van der Waals surface area contributed by atoms with Crippen molar-refractivity contribution in [2.45, 2.75) is 52.6 Å². The Hall–Kier alpha value is -3.82. The first-order valence-corrected chi connectivity index (χ1v) is 13.6. The quantitative estimate of drug-likeness (QED) is 0.351. The summed E-state index contributed by atoms with van der Waals surface area (Å²) in [5.41, 5.74) is 14.8. The fourth-order valence-electron chi connectivity index (χ4n) is 5.48. The number of hydrogen-bond donors (Lipinski definition) is 1. The lowest BCUT2D eigenvalue weighted by Crippen LogP contribution is -2.39. The van der Waals surface area contributed by atoms with E-state index in [4.69, 9.17) is 10.5 Å². The highest BCUT2D eigenvalue weighted by Gasteiger charge is 2.41. The summed E-state index contributed by atoms with van der Waals surface area (Å²) in [6.45, 7) is 6.53. The lowest BCUT2D eigenvalue weighted by Gasteiger charge is -2.40. The van der Waals surface area contributed by atoms with E-state index in [1.54, 1.807) is 0 Å². The molecule has 3 aromatic carbocycles. The third-order valence-electron chi connectivity index (χ3n) is 7.46. The second-order valence-corrected chi connectivity index (χ2v) is 10.9. The number of nitrogens with zero attached hydrogens (tertiary/aromatic N) is 2. The normalized spacial score (nSPS) is 17.4. The summed E-state index contributed by atoms with van der Waals surface area (Å²) in [5, 5.41) is 10.4. The highest BCUT2D eigenvalue weighted by atomic mass is 79.9. The van der Waals surface area contributed by atoms with Crippen LogP contribution in [0.4, 0.5) is 5.69 Å². The Morgan fingerprint density at radius 1 is 1.05 bits per heavy atom. The minimum Gasteiger partial charge on any atom is -0.489 e. The van der Waals surface area contributed by atoms with Crippen molar-refractivity contribution in [2.24, 2.45) is 5.73 Å². The minimum atomic E-state index is -0.514. The molecule has 0 spiro atoms. The summed E-state index contributed by atoms with van der Waals surface area (Å²) in [4.78, 5) is 15.4. The van der Waals surface area contributed by atoms with Gasteiger partial charge in [-0.25, -0.2) is 0 Å². The Bertz CT molecular complexity index is 1530. The fraction of sp³-hybridized carbons (Fsp3) is 0.250. The Kier molecular flexibility index (Phi) is 7.14. The number of carbonyl (C=O) groups excluding carboxylic acids is 1. The molecule has 3 aromatic rings. The van der Waals surface area contributed by atoms with Crippen molar-refractivity contribution in [1.82, 2.24) is 0 Å². The highest BCUT2D eigenvalue weighted by molar-refractivity contribution is 9.10. The summed E-state index contributed by atoms with van der Waals surface area (Å²) < 4.78 is 6.96. The predicted molar refractivity (Wildman–Crippen MR) is 153 cm³/mol. The van der Waals surface area contributed by atoms with Gasteiger partial charge in [0, 0.05) is 22.2 Å².